The summed E-state index contributed by atoms with van der Waals surface area (Å²) in [6.07, 6.45) is 0.0354. The summed E-state index contributed by atoms with van der Waals surface area (Å²) in [5.41, 5.74) is 1.26. The van der Waals surface area contributed by atoms with Crippen molar-refractivity contribution in [3.63, 3.8) is 0 Å². The van der Waals surface area contributed by atoms with Crippen molar-refractivity contribution in [2.75, 3.05) is 0 Å². The van der Waals surface area contributed by atoms with Gasteiger partial charge in [0.2, 0.25) is 5.88 Å². The Hall–Kier alpha value is -3.56. The number of rotatable bonds is 3. The van der Waals surface area contributed by atoms with Crippen molar-refractivity contribution >= 4 is 11.2 Å². The number of halogens is 3. The molecule has 3 aromatic heterocycles. The van der Waals surface area contributed by atoms with Gasteiger partial charge in [-0.25, -0.2) is 20.1 Å². The van der Waals surface area contributed by atoms with Crippen molar-refractivity contribution in [3.8, 4) is 22.9 Å². The van der Waals surface area contributed by atoms with E-state index in [9.17, 15) is 13.2 Å². The zero-order valence-electron chi connectivity index (χ0n) is 12.9. The third kappa shape index (κ3) is 3.04. The van der Waals surface area contributed by atoms with E-state index in [1.165, 1.54) is 24.5 Å². The maximum Gasteiger partial charge on any atom is 0.416 e. The fourth-order valence-electron chi connectivity index (χ4n) is 2.29. The van der Waals surface area contributed by atoms with Crippen LogP contribution in [0.4, 0.5) is 13.2 Å². The molecule has 0 amide bonds. The van der Waals surface area contributed by atoms with Crippen LogP contribution in [0.1, 0.15) is 5.56 Å². The van der Waals surface area contributed by atoms with E-state index in [1.54, 1.807) is 12.3 Å². The Kier molecular flexibility index (Phi) is 3.72. The Balaban J connectivity index is 1.67. The maximum atomic E-state index is 12.6. The van der Waals surface area contributed by atoms with Gasteiger partial charge in [-0.2, -0.15) is 13.2 Å². The topological polar surface area (TPSA) is 89.5 Å². The predicted molar refractivity (Wildman–Crippen MR) is 84.2 cm³/mol. The molecule has 1 N–H and O–H groups in total. The quantitative estimate of drug-likeness (QED) is 0.602. The van der Waals surface area contributed by atoms with Gasteiger partial charge in [0.25, 0.3) is 0 Å². The van der Waals surface area contributed by atoms with Crippen LogP contribution in [0.3, 0.4) is 0 Å². The normalized spacial score (nSPS) is 11.7. The number of nitrogens with zero attached hydrogens (tertiary/aromatic N) is 5. The van der Waals surface area contributed by atoms with Crippen LogP contribution in [-0.2, 0) is 6.18 Å². The van der Waals surface area contributed by atoms with Gasteiger partial charge < -0.3 is 4.74 Å². The minimum Gasteiger partial charge on any atom is -0.437 e. The number of hydrogen-bond donors (Lipinski definition) is 1. The van der Waals surface area contributed by atoms with Crippen molar-refractivity contribution in [2.45, 2.75) is 6.18 Å². The lowest BCUT2D eigenvalue weighted by atomic mass is 10.2. The molecule has 10 heteroatoms. The van der Waals surface area contributed by atoms with Gasteiger partial charge in [-0.15, -0.1) is 5.10 Å². The van der Waals surface area contributed by atoms with E-state index in [0.29, 0.717) is 22.4 Å². The van der Waals surface area contributed by atoms with E-state index in [1.807, 2.05) is 0 Å². The number of alkyl halides is 3. The van der Waals surface area contributed by atoms with Crippen molar-refractivity contribution < 1.29 is 17.9 Å². The first-order valence-corrected chi connectivity index (χ1v) is 7.34. The van der Waals surface area contributed by atoms with E-state index in [4.69, 9.17) is 4.74 Å². The lowest BCUT2D eigenvalue weighted by Crippen LogP contribution is -2.04. The van der Waals surface area contributed by atoms with Gasteiger partial charge in [0.15, 0.2) is 5.65 Å². The average Bonchev–Trinajstić information content (AvgIpc) is 3.09. The highest BCUT2D eigenvalue weighted by Crippen LogP contribution is 2.33. The number of benzene rings is 1. The van der Waals surface area contributed by atoms with Crippen molar-refractivity contribution in [2.24, 2.45) is 0 Å². The Labute approximate surface area is 143 Å². The van der Waals surface area contributed by atoms with Crippen LogP contribution in [0.2, 0.25) is 0 Å². The second-order valence-corrected chi connectivity index (χ2v) is 5.24. The first-order valence-electron chi connectivity index (χ1n) is 7.34. The van der Waals surface area contributed by atoms with Crippen LogP contribution in [-0.4, -0.2) is 30.4 Å². The second kappa shape index (κ2) is 6.06. The molecule has 0 atom stereocenters. The first kappa shape index (κ1) is 15.9. The molecule has 4 aromatic rings. The van der Waals surface area contributed by atoms with Gasteiger partial charge in [-0.1, -0.05) is 5.21 Å². The Morgan fingerprint density at radius 3 is 2.50 bits per heavy atom. The molecule has 0 bridgehead atoms. The number of ether oxygens (including phenoxy) is 1. The monoisotopic (exact) mass is 358 g/mol. The van der Waals surface area contributed by atoms with Crippen LogP contribution in [0.15, 0.2) is 48.9 Å². The van der Waals surface area contributed by atoms with Crippen LogP contribution < -0.4 is 4.74 Å². The van der Waals surface area contributed by atoms with E-state index in [2.05, 4.69) is 30.4 Å². The van der Waals surface area contributed by atoms with Gasteiger partial charge in [0.05, 0.1) is 5.56 Å². The Bertz CT molecular complexity index is 1060. The third-order valence-electron chi connectivity index (χ3n) is 3.52. The lowest BCUT2D eigenvalue weighted by molar-refractivity contribution is -0.137. The van der Waals surface area contributed by atoms with E-state index < -0.39 is 11.7 Å². The van der Waals surface area contributed by atoms with Crippen molar-refractivity contribution in [1.82, 2.24) is 30.4 Å². The van der Waals surface area contributed by atoms with Gasteiger partial charge in [0.1, 0.15) is 17.0 Å². The molecule has 3 heterocycles. The number of aromatic amines is 1. The van der Waals surface area contributed by atoms with Gasteiger partial charge in [0, 0.05) is 24.2 Å². The highest BCUT2D eigenvalue weighted by atomic mass is 19.4. The second-order valence-electron chi connectivity index (χ2n) is 5.24. The minimum absolute atomic E-state index is 0.136. The fourth-order valence-corrected chi connectivity index (χ4v) is 2.29. The lowest BCUT2D eigenvalue weighted by Gasteiger charge is -2.10. The first-order chi connectivity index (χ1) is 12.5. The number of aromatic nitrogens is 6. The van der Waals surface area contributed by atoms with Gasteiger partial charge in [-0.3, -0.25) is 0 Å². The smallest absolute Gasteiger partial charge is 0.416 e. The zero-order chi connectivity index (χ0) is 18.1. The maximum absolute atomic E-state index is 12.6. The number of H-pyrrole nitrogens is 1. The molecule has 130 valence electrons. The molecule has 0 saturated carbocycles. The molecule has 0 aliphatic heterocycles. The molecule has 0 unspecified atom stereocenters. The predicted octanol–water partition coefficient (Wildman–Crippen LogP) is 3.62. The highest BCUT2D eigenvalue weighted by Gasteiger charge is 2.30. The summed E-state index contributed by atoms with van der Waals surface area (Å²) in [6.45, 7) is 0. The summed E-state index contributed by atoms with van der Waals surface area (Å²) in [5, 5.41) is 10.2. The Morgan fingerprint density at radius 2 is 1.73 bits per heavy atom. The molecule has 0 radical (unpaired) electrons. The summed E-state index contributed by atoms with van der Waals surface area (Å²) >= 11 is 0. The molecule has 0 saturated heterocycles. The Morgan fingerprint density at radius 1 is 0.962 bits per heavy atom. The van der Waals surface area contributed by atoms with Gasteiger partial charge in [-0.05, 0) is 30.3 Å². The van der Waals surface area contributed by atoms with Crippen LogP contribution in [0.25, 0.3) is 22.4 Å². The molecular weight excluding hydrogens is 349 g/mol. The van der Waals surface area contributed by atoms with Crippen LogP contribution >= 0.6 is 0 Å². The summed E-state index contributed by atoms with van der Waals surface area (Å²) in [6, 6.07) is 6.03. The fraction of sp³-hybridized carbons (Fsp3) is 0.0625. The summed E-state index contributed by atoms with van der Waals surface area (Å²) in [7, 11) is 0. The number of nitrogens with one attached hydrogen (secondary N) is 1. The highest BCUT2D eigenvalue weighted by molar-refractivity contribution is 5.77. The summed E-state index contributed by atoms with van der Waals surface area (Å²) < 4.78 is 43.6. The number of fused-ring (bicyclic) bond motifs is 1. The van der Waals surface area contributed by atoms with E-state index >= 15 is 0 Å². The third-order valence-corrected chi connectivity index (χ3v) is 3.52. The molecule has 0 spiro atoms. The molecule has 0 aliphatic rings. The average molecular weight is 358 g/mol. The number of pyridine rings is 1. The van der Waals surface area contributed by atoms with Crippen molar-refractivity contribution in [3.05, 3.63) is 54.5 Å². The van der Waals surface area contributed by atoms with Crippen molar-refractivity contribution in [1.29, 1.82) is 0 Å². The summed E-state index contributed by atoms with van der Waals surface area (Å²) in [4.78, 5) is 12.5. The van der Waals surface area contributed by atoms with E-state index in [-0.39, 0.29) is 11.6 Å². The molecule has 7 nitrogen and oxygen atoms in total. The molecule has 0 aliphatic carbocycles. The largest absolute Gasteiger partial charge is 0.437 e. The zero-order valence-corrected chi connectivity index (χ0v) is 12.9. The molecule has 0 fully saturated rings. The SMILES string of the molecule is FC(F)(F)c1ccc(Oc2nccnc2-c2cnc3[nH]nnc3c2)cc1. The molecule has 1 aromatic carbocycles. The standard InChI is InChI=1S/C16H9F3N6O/c17-16(18,19)10-1-3-11(4-2-10)26-15-13(20-5-6-21-15)9-7-12-14(22-8-9)24-25-23-12/h1-8H,(H,22,23,24,25). The number of hydrogen-bond acceptors (Lipinski definition) is 6. The van der Waals surface area contributed by atoms with Crippen LogP contribution in [0, 0.1) is 0 Å². The van der Waals surface area contributed by atoms with Crippen LogP contribution in [0.5, 0.6) is 11.6 Å². The minimum atomic E-state index is -4.41. The molecule has 26 heavy (non-hydrogen) atoms. The molecular formula is C16H9F3N6O. The van der Waals surface area contributed by atoms with E-state index in [0.717, 1.165) is 12.1 Å². The summed E-state index contributed by atoms with van der Waals surface area (Å²) in [5.74, 6) is 0.340. The molecule has 4 rings (SSSR count). The van der Waals surface area contributed by atoms with Gasteiger partial charge >= 0.3 is 6.18 Å².